The van der Waals surface area contributed by atoms with Gasteiger partial charge in [-0.25, -0.2) is 9.59 Å². The molecule has 1 aliphatic heterocycles. The molecule has 0 unspecified atom stereocenters. The standard InChI is InChI=1S/C58H83NO8Si/c1-42(37-39-45(4)53(61)46(5)54-47(6)59(58(13,14)65-54)55(62)66-56(7,8)9)27-20-17-21-29-49(41-48(63-15)40-38-44(3)36-35-43(2)28-26-34-52(60)64-16)67-68(57(10,11)12,50-30-22-18-23-31-50)51-32-24-19-25-33-51/h17-39,45-49,53-54,61H,40-41H2,1-16H3/b20-17+,29-21+,34-26+,36-35+,39-37+,42-27+,43-28-,44-38-/t45-,46+,47-,48+,49-,53-,54+/m1/s1. The Morgan fingerprint density at radius 2 is 1.35 bits per heavy atom. The molecule has 0 saturated carbocycles. The maximum absolute atomic E-state index is 13.2. The van der Waals surface area contributed by atoms with Gasteiger partial charge in [0.1, 0.15) is 11.3 Å². The highest BCUT2D eigenvalue weighted by Crippen LogP contribution is 2.40. The molecular formula is C58H83NO8Si. The second kappa shape index (κ2) is 26.2. The zero-order valence-electron chi connectivity index (χ0n) is 44.0. The minimum absolute atomic E-state index is 0.124. The third-order valence-corrected chi connectivity index (χ3v) is 17.4. The van der Waals surface area contributed by atoms with E-state index in [0.29, 0.717) is 12.8 Å². The molecule has 372 valence electrons. The number of carbonyl (C=O) groups excluding carboxylic acids is 2. The number of carbonyl (C=O) groups is 2. The molecule has 1 fully saturated rings. The van der Waals surface area contributed by atoms with E-state index in [2.05, 4.69) is 123 Å². The van der Waals surface area contributed by atoms with Crippen LogP contribution < -0.4 is 10.4 Å². The molecule has 0 spiro atoms. The molecule has 68 heavy (non-hydrogen) atoms. The topological polar surface area (TPSA) is 104 Å². The molecule has 1 amide bonds. The molecule has 0 aliphatic carbocycles. The second-order valence-electron chi connectivity index (χ2n) is 20.6. The van der Waals surface area contributed by atoms with Crippen LogP contribution in [-0.2, 0) is 28.2 Å². The van der Waals surface area contributed by atoms with E-state index in [1.54, 1.807) is 18.1 Å². The average molecular weight is 950 g/mol. The molecule has 1 heterocycles. The molecular weight excluding hydrogens is 867 g/mol. The number of allylic oxidation sites excluding steroid dienone is 12. The summed E-state index contributed by atoms with van der Waals surface area (Å²) < 4.78 is 30.6. The minimum atomic E-state index is -2.92. The summed E-state index contributed by atoms with van der Waals surface area (Å²) in [5, 5.41) is 13.7. The van der Waals surface area contributed by atoms with Gasteiger partial charge >= 0.3 is 12.1 Å². The zero-order chi connectivity index (χ0) is 50.9. The Balaban J connectivity index is 1.87. The monoisotopic (exact) mass is 950 g/mol. The van der Waals surface area contributed by atoms with E-state index in [1.165, 1.54) is 23.6 Å². The highest BCUT2D eigenvalue weighted by atomic mass is 28.4. The summed E-state index contributed by atoms with van der Waals surface area (Å²) in [6, 6.07) is 21.1. The lowest BCUT2D eigenvalue weighted by Gasteiger charge is -2.45. The largest absolute Gasteiger partial charge is 0.466 e. The molecule has 0 bridgehead atoms. The first-order chi connectivity index (χ1) is 31.9. The quantitative estimate of drug-likeness (QED) is 0.0571. The van der Waals surface area contributed by atoms with E-state index in [9.17, 15) is 14.7 Å². The Bertz CT molecular complexity index is 2110. The predicted octanol–water partition coefficient (Wildman–Crippen LogP) is 11.9. The van der Waals surface area contributed by atoms with Crippen LogP contribution in [-0.4, -0.2) is 86.4 Å². The number of ether oxygens (including phenoxy) is 4. The van der Waals surface area contributed by atoms with Crippen LogP contribution >= 0.6 is 0 Å². The Morgan fingerprint density at radius 3 is 1.90 bits per heavy atom. The van der Waals surface area contributed by atoms with Crippen molar-refractivity contribution in [3.05, 3.63) is 156 Å². The van der Waals surface area contributed by atoms with Crippen molar-refractivity contribution < 1.29 is 38.1 Å². The van der Waals surface area contributed by atoms with E-state index in [-0.39, 0.29) is 47.2 Å². The fourth-order valence-electron chi connectivity index (χ4n) is 8.66. The van der Waals surface area contributed by atoms with Gasteiger partial charge in [-0.1, -0.05) is 185 Å². The molecule has 0 radical (unpaired) electrons. The van der Waals surface area contributed by atoms with Crippen LogP contribution in [0.5, 0.6) is 0 Å². The third-order valence-electron chi connectivity index (χ3n) is 12.3. The lowest BCUT2D eigenvalue weighted by molar-refractivity contribution is -0.134. The number of hydrogen-bond acceptors (Lipinski definition) is 8. The van der Waals surface area contributed by atoms with Crippen molar-refractivity contribution in [2.45, 2.75) is 157 Å². The average Bonchev–Trinajstić information content (AvgIpc) is 3.53. The van der Waals surface area contributed by atoms with Gasteiger partial charge in [-0.05, 0) is 84.1 Å². The number of rotatable bonds is 21. The minimum Gasteiger partial charge on any atom is -0.466 e. The van der Waals surface area contributed by atoms with Gasteiger partial charge < -0.3 is 28.5 Å². The van der Waals surface area contributed by atoms with Gasteiger partial charge in [0.05, 0.1) is 37.6 Å². The molecule has 0 aromatic heterocycles. The first-order valence-electron chi connectivity index (χ1n) is 24.0. The van der Waals surface area contributed by atoms with Gasteiger partial charge in [-0.15, -0.1) is 0 Å². The van der Waals surface area contributed by atoms with Crippen LogP contribution in [0.25, 0.3) is 0 Å². The summed E-state index contributed by atoms with van der Waals surface area (Å²) in [7, 11) is 0.208. The number of nitrogens with zero attached hydrogens (tertiary/aromatic N) is 1. The maximum atomic E-state index is 13.2. The van der Waals surface area contributed by atoms with Crippen LogP contribution in [0.3, 0.4) is 0 Å². The van der Waals surface area contributed by atoms with Crippen molar-refractivity contribution in [1.29, 1.82) is 0 Å². The Labute approximate surface area is 411 Å². The summed E-state index contributed by atoms with van der Waals surface area (Å²) in [5.74, 6) is -0.808. The molecule has 9 nitrogen and oxygen atoms in total. The first-order valence-corrected chi connectivity index (χ1v) is 25.9. The number of hydrogen-bond donors (Lipinski definition) is 1. The van der Waals surface area contributed by atoms with Gasteiger partial charge in [-0.2, -0.15) is 0 Å². The fourth-order valence-corrected chi connectivity index (χ4v) is 13.3. The van der Waals surface area contributed by atoms with Gasteiger partial charge in [0.15, 0.2) is 0 Å². The van der Waals surface area contributed by atoms with Crippen LogP contribution in [0.1, 0.15) is 110 Å². The maximum Gasteiger partial charge on any atom is 0.412 e. The van der Waals surface area contributed by atoms with Crippen molar-refractivity contribution in [1.82, 2.24) is 4.90 Å². The molecule has 2 aromatic rings. The Morgan fingerprint density at radius 1 is 0.794 bits per heavy atom. The van der Waals surface area contributed by atoms with Crippen molar-refractivity contribution >= 4 is 30.8 Å². The van der Waals surface area contributed by atoms with Gasteiger partial charge in [0, 0.05) is 31.4 Å². The molecule has 3 rings (SSSR count). The van der Waals surface area contributed by atoms with Crippen molar-refractivity contribution in [3.8, 4) is 0 Å². The number of amides is 1. The van der Waals surface area contributed by atoms with E-state index >= 15 is 0 Å². The van der Waals surface area contributed by atoms with Gasteiger partial charge in [-0.3, -0.25) is 4.90 Å². The Hall–Kier alpha value is -4.84. The zero-order valence-corrected chi connectivity index (χ0v) is 45.0. The lowest BCUT2D eigenvalue weighted by Crippen LogP contribution is -2.67. The number of benzene rings is 2. The van der Waals surface area contributed by atoms with Crippen molar-refractivity contribution in [3.63, 3.8) is 0 Å². The van der Waals surface area contributed by atoms with E-state index < -0.39 is 31.8 Å². The molecule has 1 saturated heterocycles. The van der Waals surface area contributed by atoms with Crippen LogP contribution in [0, 0.1) is 11.8 Å². The summed E-state index contributed by atoms with van der Waals surface area (Å²) >= 11 is 0. The highest BCUT2D eigenvalue weighted by molar-refractivity contribution is 6.99. The molecule has 7 atom stereocenters. The lowest BCUT2D eigenvalue weighted by atomic mass is 9.86. The van der Waals surface area contributed by atoms with Crippen LogP contribution in [0.15, 0.2) is 156 Å². The van der Waals surface area contributed by atoms with Gasteiger partial charge in [0.25, 0.3) is 8.32 Å². The normalized spacial score (nSPS) is 20.2. The molecule has 1 N–H and O–H groups in total. The molecule has 10 heteroatoms. The number of aliphatic hydroxyl groups excluding tert-OH is 1. The SMILES string of the molecule is COC(=O)/C=C/C=C(C)\C=C\C(C)=C/C[C@@H](C[C@@H](/C=C/C=C/C=C(C)/C=C/[C@@H](C)[C@@H](O)[C@H](C)[C@@H]1OC(C)(C)N(C(=O)OC(C)(C)C)[C@@H]1C)O[Si](c1ccccc1)(c1ccccc1)C(C)(C)C)OC. The summed E-state index contributed by atoms with van der Waals surface area (Å²) in [4.78, 5) is 26.3. The third kappa shape index (κ3) is 17.0. The second-order valence-corrected chi connectivity index (χ2v) is 24.8. The number of methoxy groups -OCH3 is 2. The summed E-state index contributed by atoms with van der Waals surface area (Å²) in [5.41, 5.74) is 1.62. The first kappa shape index (κ1) is 57.5. The fraction of sp³-hybridized carbons (Fsp3) is 0.483. The van der Waals surface area contributed by atoms with Crippen LogP contribution in [0.4, 0.5) is 4.79 Å². The smallest absolute Gasteiger partial charge is 0.412 e. The predicted molar refractivity (Wildman–Crippen MR) is 282 cm³/mol. The molecule has 1 aliphatic rings. The van der Waals surface area contributed by atoms with Crippen LogP contribution in [0.2, 0.25) is 5.04 Å². The number of esters is 1. The van der Waals surface area contributed by atoms with E-state index in [1.807, 2.05) is 106 Å². The van der Waals surface area contributed by atoms with Crippen molar-refractivity contribution in [2.24, 2.45) is 11.8 Å². The van der Waals surface area contributed by atoms with E-state index in [0.717, 1.165) is 16.7 Å². The van der Waals surface area contributed by atoms with Gasteiger partial charge in [0.2, 0.25) is 0 Å². The molecule has 2 aromatic carbocycles. The van der Waals surface area contributed by atoms with Crippen molar-refractivity contribution in [2.75, 3.05) is 14.2 Å². The number of aliphatic hydroxyl groups is 1. The summed E-state index contributed by atoms with van der Waals surface area (Å²) in [6.45, 7) is 28.2. The van der Waals surface area contributed by atoms with E-state index in [4.69, 9.17) is 18.6 Å². The Kier molecular flexibility index (Phi) is 22.2. The highest BCUT2D eigenvalue weighted by Gasteiger charge is 2.53. The summed E-state index contributed by atoms with van der Waals surface area (Å²) in [6.07, 6.45) is 25.0.